The summed E-state index contributed by atoms with van der Waals surface area (Å²) >= 11 is 0. The Morgan fingerprint density at radius 3 is 2.67 bits per heavy atom. The molecule has 110 valence electrons. The molecule has 0 saturated carbocycles. The lowest BCUT2D eigenvalue weighted by molar-refractivity contribution is 0.922. The number of hydrogen-bond donors (Lipinski definition) is 2. The van der Waals surface area contributed by atoms with Crippen molar-refractivity contribution in [2.24, 2.45) is 5.10 Å². The third kappa shape index (κ3) is 4.27. The second-order valence-electron chi connectivity index (χ2n) is 4.99. The van der Waals surface area contributed by atoms with Crippen LogP contribution >= 0.6 is 0 Å². The molecule has 0 aliphatic rings. The van der Waals surface area contributed by atoms with Gasteiger partial charge in [0.2, 0.25) is 5.95 Å². The molecule has 0 atom stereocenters. The highest BCUT2D eigenvalue weighted by atomic mass is 16.1. The zero-order chi connectivity index (χ0) is 15.2. The van der Waals surface area contributed by atoms with Crippen molar-refractivity contribution in [3.8, 4) is 0 Å². The summed E-state index contributed by atoms with van der Waals surface area (Å²) in [4.78, 5) is 18.1. The van der Waals surface area contributed by atoms with Crippen molar-refractivity contribution < 1.29 is 0 Å². The number of aromatic amines is 1. The summed E-state index contributed by atoms with van der Waals surface area (Å²) < 4.78 is 0. The molecule has 0 bridgehead atoms. The first-order valence-electron chi connectivity index (χ1n) is 7.06. The third-order valence-corrected chi connectivity index (χ3v) is 3.11. The van der Waals surface area contributed by atoms with Crippen molar-refractivity contribution in [2.45, 2.75) is 33.6 Å². The SMILES string of the molecule is CCCc1ccc(/C(C)=N\Nc2nc(C)cc(=O)[nH]2)cc1. The Hall–Kier alpha value is -2.43. The summed E-state index contributed by atoms with van der Waals surface area (Å²) in [5.74, 6) is 0.349. The van der Waals surface area contributed by atoms with Gasteiger partial charge < -0.3 is 0 Å². The highest BCUT2D eigenvalue weighted by Gasteiger charge is 2.00. The molecule has 1 aromatic carbocycles. The number of benzene rings is 1. The normalized spacial score (nSPS) is 11.5. The van der Waals surface area contributed by atoms with Crippen molar-refractivity contribution in [1.82, 2.24) is 9.97 Å². The lowest BCUT2D eigenvalue weighted by Gasteiger charge is -2.05. The minimum atomic E-state index is -0.193. The molecule has 2 N–H and O–H groups in total. The summed E-state index contributed by atoms with van der Waals surface area (Å²) in [6.45, 7) is 5.85. The van der Waals surface area contributed by atoms with Crippen molar-refractivity contribution in [3.63, 3.8) is 0 Å². The van der Waals surface area contributed by atoms with Gasteiger partial charge in [-0.2, -0.15) is 5.10 Å². The van der Waals surface area contributed by atoms with E-state index in [-0.39, 0.29) is 5.56 Å². The Morgan fingerprint density at radius 1 is 1.33 bits per heavy atom. The zero-order valence-electron chi connectivity index (χ0n) is 12.6. The summed E-state index contributed by atoms with van der Waals surface area (Å²) in [6, 6.07) is 9.78. The maximum absolute atomic E-state index is 11.3. The quantitative estimate of drug-likeness (QED) is 0.655. The van der Waals surface area contributed by atoms with Gasteiger partial charge in [-0.25, -0.2) is 10.4 Å². The molecule has 0 radical (unpaired) electrons. The minimum absolute atomic E-state index is 0.193. The second-order valence-corrected chi connectivity index (χ2v) is 4.99. The number of nitrogens with one attached hydrogen (secondary N) is 2. The molecule has 0 aliphatic carbocycles. The molecule has 0 spiro atoms. The monoisotopic (exact) mass is 284 g/mol. The predicted octanol–water partition coefficient (Wildman–Crippen LogP) is 2.87. The van der Waals surface area contributed by atoms with Gasteiger partial charge in [0.05, 0.1) is 5.71 Å². The molecule has 21 heavy (non-hydrogen) atoms. The Balaban J connectivity index is 2.11. The van der Waals surface area contributed by atoms with Crippen molar-refractivity contribution in [3.05, 3.63) is 57.5 Å². The van der Waals surface area contributed by atoms with Gasteiger partial charge in [0.1, 0.15) is 0 Å². The molecule has 0 saturated heterocycles. The first kappa shape index (κ1) is 15.0. The number of nitrogens with zero attached hydrogens (tertiary/aromatic N) is 2. The first-order valence-corrected chi connectivity index (χ1v) is 7.06. The largest absolute Gasteiger partial charge is 0.291 e. The number of rotatable bonds is 5. The lowest BCUT2D eigenvalue weighted by Crippen LogP contribution is -2.11. The first-order chi connectivity index (χ1) is 10.1. The Kier molecular flexibility index (Phi) is 4.87. The standard InChI is InChI=1S/C16H20N4O/c1-4-5-13-6-8-14(9-7-13)12(3)19-20-16-17-11(2)10-15(21)18-16/h6-10H,4-5H2,1-3H3,(H2,17,18,20,21)/b19-12-. The molecular weight excluding hydrogens is 264 g/mol. The number of hydrogen-bond acceptors (Lipinski definition) is 4. The van der Waals surface area contributed by atoms with Crippen molar-refractivity contribution in [1.29, 1.82) is 0 Å². The average Bonchev–Trinajstić information content (AvgIpc) is 2.45. The summed E-state index contributed by atoms with van der Waals surface area (Å²) in [5.41, 5.74) is 6.44. The van der Waals surface area contributed by atoms with Crippen LogP contribution in [0, 0.1) is 6.92 Å². The van der Waals surface area contributed by atoms with Crippen LogP contribution in [0.15, 0.2) is 40.2 Å². The van der Waals surface area contributed by atoms with Gasteiger partial charge in [-0.15, -0.1) is 0 Å². The molecular formula is C16H20N4O. The van der Waals surface area contributed by atoms with Crippen LogP contribution < -0.4 is 11.0 Å². The van der Waals surface area contributed by atoms with E-state index in [2.05, 4.69) is 51.7 Å². The molecule has 0 amide bonds. The molecule has 5 nitrogen and oxygen atoms in total. The van der Waals surface area contributed by atoms with E-state index in [4.69, 9.17) is 0 Å². The van der Waals surface area contributed by atoms with Crippen molar-refractivity contribution in [2.75, 3.05) is 5.43 Å². The molecule has 0 aliphatic heterocycles. The van der Waals surface area contributed by atoms with Gasteiger partial charge in [-0.1, -0.05) is 37.6 Å². The molecule has 2 rings (SSSR count). The van der Waals surface area contributed by atoms with Crippen LogP contribution in [0.2, 0.25) is 0 Å². The van der Waals surface area contributed by atoms with E-state index in [0.29, 0.717) is 11.6 Å². The number of aryl methyl sites for hydroxylation is 2. The summed E-state index contributed by atoms with van der Waals surface area (Å²) in [7, 11) is 0. The van der Waals surface area contributed by atoms with Crippen LogP contribution in [0.3, 0.4) is 0 Å². The molecule has 1 aromatic heterocycles. The fraction of sp³-hybridized carbons (Fsp3) is 0.312. The maximum Gasteiger partial charge on any atom is 0.252 e. The van der Waals surface area contributed by atoms with E-state index in [9.17, 15) is 4.79 Å². The van der Waals surface area contributed by atoms with E-state index < -0.39 is 0 Å². The lowest BCUT2D eigenvalue weighted by atomic mass is 10.1. The Bertz CT molecular complexity index is 686. The van der Waals surface area contributed by atoms with Crippen LogP contribution in [0.4, 0.5) is 5.95 Å². The third-order valence-electron chi connectivity index (χ3n) is 3.11. The Labute approximate surface area is 124 Å². The van der Waals surface area contributed by atoms with Gasteiger partial charge in [-0.05, 0) is 31.4 Å². The number of anilines is 1. The predicted molar refractivity (Wildman–Crippen MR) is 85.9 cm³/mol. The molecule has 1 heterocycles. The molecule has 5 heteroatoms. The smallest absolute Gasteiger partial charge is 0.252 e. The van der Waals surface area contributed by atoms with E-state index >= 15 is 0 Å². The van der Waals surface area contributed by atoms with Crippen molar-refractivity contribution >= 4 is 11.7 Å². The number of aromatic nitrogens is 2. The highest BCUT2D eigenvalue weighted by Crippen LogP contribution is 2.08. The van der Waals surface area contributed by atoms with E-state index in [1.165, 1.54) is 11.6 Å². The van der Waals surface area contributed by atoms with Gasteiger partial charge in [0.25, 0.3) is 5.56 Å². The van der Waals surface area contributed by atoms with Crippen LogP contribution in [0.1, 0.15) is 37.1 Å². The van der Waals surface area contributed by atoms with Gasteiger partial charge >= 0.3 is 0 Å². The Morgan fingerprint density at radius 2 is 2.05 bits per heavy atom. The topological polar surface area (TPSA) is 70.1 Å². The van der Waals surface area contributed by atoms with E-state index in [0.717, 1.165) is 24.1 Å². The van der Waals surface area contributed by atoms with Gasteiger partial charge in [-0.3, -0.25) is 9.78 Å². The van der Waals surface area contributed by atoms with Crippen LogP contribution in [0.5, 0.6) is 0 Å². The zero-order valence-corrected chi connectivity index (χ0v) is 12.6. The maximum atomic E-state index is 11.3. The van der Waals surface area contributed by atoms with Crippen LogP contribution in [-0.2, 0) is 6.42 Å². The van der Waals surface area contributed by atoms with Gasteiger partial charge in [0.15, 0.2) is 0 Å². The second kappa shape index (κ2) is 6.83. The summed E-state index contributed by atoms with van der Waals surface area (Å²) in [5, 5.41) is 4.26. The van der Waals surface area contributed by atoms with E-state index in [1.54, 1.807) is 6.92 Å². The molecule has 0 unspecified atom stereocenters. The average molecular weight is 284 g/mol. The van der Waals surface area contributed by atoms with Crippen LogP contribution in [0.25, 0.3) is 0 Å². The molecule has 0 fully saturated rings. The molecule has 2 aromatic rings. The number of H-pyrrole nitrogens is 1. The summed E-state index contributed by atoms with van der Waals surface area (Å²) in [6.07, 6.45) is 2.23. The van der Waals surface area contributed by atoms with Gasteiger partial charge in [0, 0.05) is 11.8 Å². The van der Waals surface area contributed by atoms with E-state index in [1.807, 2.05) is 6.92 Å². The number of hydrazone groups is 1. The minimum Gasteiger partial charge on any atom is -0.291 e. The fourth-order valence-electron chi connectivity index (χ4n) is 2.03. The fourth-order valence-corrected chi connectivity index (χ4v) is 2.03. The van der Waals surface area contributed by atoms with Crippen LogP contribution in [-0.4, -0.2) is 15.7 Å². The highest BCUT2D eigenvalue weighted by molar-refractivity contribution is 5.99.